The summed E-state index contributed by atoms with van der Waals surface area (Å²) in [7, 11) is 1.22. The first-order chi connectivity index (χ1) is 37.5. The Morgan fingerprint density at radius 2 is 0.805 bits per heavy atom. The van der Waals surface area contributed by atoms with E-state index in [1.807, 2.05) is 27.2 Å². The number of phosphoric acid groups is 1. The number of amides is 1. The van der Waals surface area contributed by atoms with E-state index in [1.165, 1.54) is 154 Å². The Kier molecular flexibility index (Phi) is 56.1. The molecule has 0 aliphatic heterocycles. The number of hydrogen-bond donors (Lipinski definition) is 2. The van der Waals surface area contributed by atoms with Gasteiger partial charge in [-0.3, -0.25) is 9.36 Å². The van der Waals surface area contributed by atoms with Crippen LogP contribution < -0.4 is 10.2 Å². The summed E-state index contributed by atoms with van der Waals surface area (Å²) >= 11 is 0. The highest BCUT2D eigenvalue weighted by molar-refractivity contribution is 7.45. The second-order valence-corrected chi connectivity index (χ2v) is 24.1. The number of carbonyl (C=O) groups excluding carboxylic acids is 1. The third-order valence-electron chi connectivity index (χ3n) is 14.0. The molecule has 0 saturated heterocycles. The lowest BCUT2D eigenvalue weighted by molar-refractivity contribution is -0.870. The van der Waals surface area contributed by atoms with Gasteiger partial charge in [-0.2, -0.15) is 0 Å². The molecular formula is C68H123N2O6P. The van der Waals surface area contributed by atoms with Crippen LogP contribution in [0.1, 0.15) is 277 Å². The maximum absolute atomic E-state index is 13.0. The molecule has 77 heavy (non-hydrogen) atoms. The molecule has 2 N–H and O–H groups in total. The summed E-state index contributed by atoms with van der Waals surface area (Å²) in [5.41, 5.74) is 0. The molecule has 0 aromatic carbocycles. The van der Waals surface area contributed by atoms with Gasteiger partial charge in [-0.15, -0.1) is 0 Å². The second kappa shape index (κ2) is 58.1. The van der Waals surface area contributed by atoms with Crippen LogP contribution in [0.3, 0.4) is 0 Å². The Balaban J connectivity index is 4.22. The van der Waals surface area contributed by atoms with Crippen LogP contribution in [0.15, 0.2) is 97.2 Å². The van der Waals surface area contributed by atoms with E-state index in [0.29, 0.717) is 17.4 Å². The van der Waals surface area contributed by atoms with Crippen molar-refractivity contribution in [3.8, 4) is 0 Å². The highest BCUT2D eigenvalue weighted by atomic mass is 31.2. The molecule has 0 bridgehead atoms. The lowest BCUT2D eigenvalue weighted by atomic mass is 10.0. The van der Waals surface area contributed by atoms with Crippen LogP contribution in [0.25, 0.3) is 0 Å². The molecule has 1 amide bonds. The lowest BCUT2D eigenvalue weighted by Crippen LogP contribution is -2.45. The molecule has 0 heterocycles. The van der Waals surface area contributed by atoms with Gasteiger partial charge in [-0.25, -0.2) is 0 Å². The van der Waals surface area contributed by atoms with Crippen LogP contribution in [-0.4, -0.2) is 68.5 Å². The van der Waals surface area contributed by atoms with Gasteiger partial charge >= 0.3 is 0 Å². The normalized spacial score (nSPS) is 14.4. The summed E-state index contributed by atoms with van der Waals surface area (Å²) in [4.78, 5) is 25.6. The van der Waals surface area contributed by atoms with E-state index in [1.54, 1.807) is 6.08 Å². The number of allylic oxidation sites excluding steroid dienone is 15. The third-order valence-corrected chi connectivity index (χ3v) is 15.0. The van der Waals surface area contributed by atoms with Gasteiger partial charge in [0.25, 0.3) is 7.82 Å². The van der Waals surface area contributed by atoms with Gasteiger partial charge in [0, 0.05) is 6.42 Å². The van der Waals surface area contributed by atoms with Crippen molar-refractivity contribution >= 4 is 13.7 Å². The van der Waals surface area contributed by atoms with Gasteiger partial charge in [0.1, 0.15) is 13.2 Å². The first-order valence-corrected chi connectivity index (χ1v) is 33.6. The fourth-order valence-electron chi connectivity index (χ4n) is 9.06. The Hall–Kier alpha value is -2.58. The molecule has 0 spiro atoms. The zero-order valence-corrected chi connectivity index (χ0v) is 51.8. The maximum atomic E-state index is 13.0. The van der Waals surface area contributed by atoms with Crippen LogP contribution in [-0.2, 0) is 18.4 Å². The minimum Gasteiger partial charge on any atom is -0.756 e. The molecule has 9 heteroatoms. The summed E-state index contributed by atoms with van der Waals surface area (Å²) in [6.45, 7) is 4.52. The van der Waals surface area contributed by atoms with Gasteiger partial charge in [0.05, 0.1) is 39.9 Å². The average Bonchev–Trinajstić information content (AvgIpc) is 3.39. The van der Waals surface area contributed by atoms with E-state index >= 15 is 0 Å². The van der Waals surface area contributed by atoms with Crippen molar-refractivity contribution in [2.45, 2.75) is 289 Å². The molecule has 0 radical (unpaired) electrons. The molecule has 3 unspecified atom stereocenters. The Morgan fingerprint density at radius 3 is 1.21 bits per heavy atom. The number of quaternary nitrogens is 1. The number of nitrogens with zero attached hydrogens (tertiary/aromatic N) is 1. The van der Waals surface area contributed by atoms with Crippen molar-refractivity contribution in [2.75, 3.05) is 40.9 Å². The number of likely N-dealkylation sites (N-methyl/N-ethyl adjacent to an activating group) is 1. The lowest BCUT2D eigenvalue weighted by Gasteiger charge is -2.29. The topological polar surface area (TPSA) is 108 Å². The van der Waals surface area contributed by atoms with E-state index < -0.39 is 26.6 Å². The molecule has 0 aliphatic carbocycles. The molecule has 0 saturated carbocycles. The average molecular weight is 1100 g/mol. The molecule has 0 aliphatic rings. The summed E-state index contributed by atoms with van der Waals surface area (Å²) in [6, 6.07) is -0.920. The summed E-state index contributed by atoms with van der Waals surface area (Å²) in [6.07, 6.45) is 83.7. The van der Waals surface area contributed by atoms with Crippen molar-refractivity contribution in [1.29, 1.82) is 0 Å². The van der Waals surface area contributed by atoms with Crippen LogP contribution in [0, 0.1) is 0 Å². The van der Waals surface area contributed by atoms with E-state index in [9.17, 15) is 19.4 Å². The number of aliphatic hydroxyl groups is 1. The summed E-state index contributed by atoms with van der Waals surface area (Å²) in [5, 5.41) is 13.9. The van der Waals surface area contributed by atoms with Crippen LogP contribution in [0.2, 0.25) is 0 Å². The van der Waals surface area contributed by atoms with Gasteiger partial charge in [0.2, 0.25) is 5.91 Å². The summed E-state index contributed by atoms with van der Waals surface area (Å²) < 4.78 is 23.4. The molecule has 0 aromatic heterocycles. The molecule has 0 aromatic rings. The van der Waals surface area contributed by atoms with Crippen molar-refractivity contribution in [2.24, 2.45) is 0 Å². The van der Waals surface area contributed by atoms with E-state index in [0.717, 1.165) is 103 Å². The highest BCUT2D eigenvalue weighted by Crippen LogP contribution is 2.38. The van der Waals surface area contributed by atoms with E-state index in [-0.39, 0.29) is 12.5 Å². The Labute approximate surface area is 477 Å². The zero-order chi connectivity index (χ0) is 56.3. The van der Waals surface area contributed by atoms with Crippen LogP contribution >= 0.6 is 7.82 Å². The van der Waals surface area contributed by atoms with Gasteiger partial charge in [-0.05, 0) is 83.5 Å². The van der Waals surface area contributed by atoms with Crippen molar-refractivity contribution in [3.05, 3.63) is 97.2 Å². The minimum atomic E-state index is -4.62. The molecule has 0 fully saturated rings. The molecule has 446 valence electrons. The molecule has 0 rings (SSSR count). The number of phosphoric ester groups is 1. The number of unbranched alkanes of at least 4 members (excludes halogenated alkanes) is 31. The quantitative estimate of drug-likeness (QED) is 0.0272. The Bertz CT molecular complexity index is 1570. The first-order valence-electron chi connectivity index (χ1n) is 32.1. The number of hydrogen-bond acceptors (Lipinski definition) is 6. The molecule has 3 atom stereocenters. The second-order valence-electron chi connectivity index (χ2n) is 22.7. The predicted octanol–water partition coefficient (Wildman–Crippen LogP) is 19.5. The first kappa shape index (κ1) is 74.4. The monoisotopic (exact) mass is 1090 g/mol. The smallest absolute Gasteiger partial charge is 0.268 e. The van der Waals surface area contributed by atoms with Gasteiger partial charge in [-0.1, -0.05) is 284 Å². The van der Waals surface area contributed by atoms with Crippen molar-refractivity contribution in [3.63, 3.8) is 0 Å². The minimum absolute atomic E-state index is 0.0144. The fourth-order valence-corrected chi connectivity index (χ4v) is 9.78. The van der Waals surface area contributed by atoms with Gasteiger partial charge in [0.15, 0.2) is 0 Å². The number of carbonyl (C=O) groups is 1. The van der Waals surface area contributed by atoms with Crippen LogP contribution in [0.5, 0.6) is 0 Å². The van der Waals surface area contributed by atoms with Gasteiger partial charge < -0.3 is 28.8 Å². The standard InChI is InChI=1S/C68H123N2O6P/c1-6-8-10-12-14-16-18-20-22-24-26-28-30-32-33-34-35-36-38-39-41-43-45-47-49-51-53-55-57-59-61-67(71)66(65-76-77(73,74)75-64-63-70(3,4)5)69-68(72)62-60-58-56-54-52-50-48-46-44-42-40-37-31-29-27-25-23-21-19-17-15-13-11-9-7-2/h9,11,15,17,21,23,27,29,37,40,44,46,51,53,59,61,66-67,71H,6-8,10,12-14,16,18-20,22,24-26,28,30-36,38-39,41-43,45,47-50,52,54-58,60,62-65H2,1-5H3,(H-,69,72,73,74)/b11-9-,17-15-,23-21-,29-27-,40-37-,46-44-,53-51+,61-59+. The van der Waals surface area contributed by atoms with Crippen molar-refractivity contribution < 1.29 is 32.9 Å². The Morgan fingerprint density at radius 1 is 0.468 bits per heavy atom. The molecule has 8 nitrogen and oxygen atoms in total. The summed E-state index contributed by atoms with van der Waals surface area (Å²) in [5.74, 6) is -0.223. The highest BCUT2D eigenvalue weighted by Gasteiger charge is 2.23. The number of aliphatic hydroxyl groups excluding tert-OH is 1. The maximum Gasteiger partial charge on any atom is 0.268 e. The van der Waals surface area contributed by atoms with E-state index in [4.69, 9.17) is 9.05 Å². The predicted molar refractivity (Wildman–Crippen MR) is 334 cm³/mol. The largest absolute Gasteiger partial charge is 0.756 e. The zero-order valence-electron chi connectivity index (χ0n) is 50.9. The molecular weight excluding hydrogens is 972 g/mol. The SMILES string of the molecule is CC/C=C\C/C=C\C/C=C\C/C=C\C/C=C\C/C=C\CCCCCCCCC(=O)NC(COP(=O)([O-])OCC[N+](C)(C)C)C(O)/C=C/CC/C=C/CCCCCCCCCCCCCCCCCCCCCCCCCC. The van der Waals surface area contributed by atoms with Crippen LogP contribution in [0.4, 0.5) is 0 Å². The number of rotatable bonds is 58. The fraction of sp³-hybridized carbons (Fsp3) is 0.750. The van der Waals surface area contributed by atoms with Crippen molar-refractivity contribution in [1.82, 2.24) is 5.32 Å². The number of nitrogens with one attached hydrogen (secondary N) is 1. The van der Waals surface area contributed by atoms with E-state index in [2.05, 4.69) is 104 Å². The third kappa shape index (κ3) is 60.9.